The third kappa shape index (κ3) is 8.95. The molecule has 0 unspecified atom stereocenters. The molecule has 0 rings (SSSR count). The molecule has 0 fully saturated rings. The first kappa shape index (κ1) is 17.9. The van der Waals surface area contributed by atoms with Crippen LogP contribution in [0.2, 0.25) is 0 Å². The molecule has 6 heteroatoms. The van der Waals surface area contributed by atoms with Crippen molar-refractivity contribution in [3.8, 4) is 0 Å². The molecule has 0 aromatic carbocycles. The van der Waals surface area contributed by atoms with Crippen LogP contribution in [0, 0.1) is 0 Å². The number of hydrogen-bond acceptors (Lipinski definition) is 5. The van der Waals surface area contributed by atoms with Crippen molar-refractivity contribution in [2.75, 3.05) is 52.5 Å². The molecular formula is C12H28N2O3P+. The first-order chi connectivity index (χ1) is 8.67. The molecule has 0 aliphatic rings. The second-order valence-electron chi connectivity index (χ2n) is 3.94. The molecule has 0 N–H and O–H groups in total. The summed E-state index contributed by atoms with van der Waals surface area (Å²) in [6.07, 6.45) is 0. The molecule has 0 aliphatic heterocycles. The summed E-state index contributed by atoms with van der Waals surface area (Å²) in [5, 5.41) is 0. The zero-order valence-corrected chi connectivity index (χ0v) is 13.1. The van der Waals surface area contributed by atoms with Crippen molar-refractivity contribution in [3.05, 3.63) is 0 Å². The Labute approximate surface area is 112 Å². The van der Waals surface area contributed by atoms with E-state index >= 15 is 0 Å². The number of hydrogen-bond donors (Lipinski definition) is 0. The molecule has 0 amide bonds. The monoisotopic (exact) mass is 279 g/mol. The minimum Gasteiger partial charge on any atom is -0.301 e. The van der Waals surface area contributed by atoms with E-state index in [0.29, 0.717) is 13.2 Å². The zero-order chi connectivity index (χ0) is 13.8. The number of likely N-dealkylation sites (N-methyl/N-ethyl adjacent to an activating group) is 2. The van der Waals surface area contributed by atoms with E-state index in [9.17, 15) is 4.57 Å². The number of nitrogens with zero attached hydrogens (tertiary/aromatic N) is 2. The summed E-state index contributed by atoms with van der Waals surface area (Å²) in [5.74, 6) is 0. The Balaban J connectivity index is 3.54. The smallest absolute Gasteiger partial charge is 0.301 e. The molecule has 108 valence electrons. The van der Waals surface area contributed by atoms with Gasteiger partial charge in [0.05, 0.1) is 0 Å². The lowest BCUT2D eigenvalue weighted by molar-refractivity contribution is 0.173. The van der Waals surface area contributed by atoms with Gasteiger partial charge in [0.1, 0.15) is 13.2 Å². The fourth-order valence-electron chi connectivity index (χ4n) is 1.61. The maximum absolute atomic E-state index is 11.4. The summed E-state index contributed by atoms with van der Waals surface area (Å²) in [6, 6.07) is 0. The third-order valence-electron chi connectivity index (χ3n) is 3.00. The van der Waals surface area contributed by atoms with Gasteiger partial charge in [0.25, 0.3) is 0 Å². The van der Waals surface area contributed by atoms with E-state index in [1.807, 2.05) is 0 Å². The molecule has 18 heavy (non-hydrogen) atoms. The maximum atomic E-state index is 11.4. The summed E-state index contributed by atoms with van der Waals surface area (Å²) in [5.41, 5.74) is 0. The van der Waals surface area contributed by atoms with Gasteiger partial charge in [-0.15, -0.1) is 9.05 Å². The van der Waals surface area contributed by atoms with Gasteiger partial charge in [-0.05, 0) is 26.2 Å². The Morgan fingerprint density at radius 3 is 1.39 bits per heavy atom. The summed E-state index contributed by atoms with van der Waals surface area (Å²) in [6.45, 7) is 14.9. The fraction of sp³-hybridized carbons (Fsp3) is 1.00. The fourth-order valence-corrected chi connectivity index (χ4v) is 2.14. The van der Waals surface area contributed by atoms with Gasteiger partial charge in [-0.1, -0.05) is 27.7 Å². The van der Waals surface area contributed by atoms with Crippen molar-refractivity contribution in [2.24, 2.45) is 0 Å². The van der Waals surface area contributed by atoms with Crippen LogP contribution in [0.15, 0.2) is 0 Å². The van der Waals surface area contributed by atoms with Crippen molar-refractivity contribution >= 4 is 8.25 Å². The first-order valence-electron chi connectivity index (χ1n) is 6.85. The van der Waals surface area contributed by atoms with E-state index in [1.54, 1.807) is 0 Å². The molecule has 0 spiro atoms. The zero-order valence-electron chi connectivity index (χ0n) is 12.2. The highest BCUT2D eigenvalue weighted by Crippen LogP contribution is 2.22. The molecule has 0 atom stereocenters. The van der Waals surface area contributed by atoms with Crippen LogP contribution in [0.25, 0.3) is 0 Å². The van der Waals surface area contributed by atoms with E-state index in [4.69, 9.17) is 9.05 Å². The molecule has 0 saturated carbocycles. The Morgan fingerprint density at radius 1 is 0.778 bits per heavy atom. The van der Waals surface area contributed by atoms with E-state index in [-0.39, 0.29) is 0 Å². The predicted octanol–water partition coefficient (Wildman–Crippen LogP) is 2.36. The van der Waals surface area contributed by atoms with Crippen LogP contribution in [-0.4, -0.2) is 62.3 Å². The van der Waals surface area contributed by atoms with E-state index < -0.39 is 8.25 Å². The van der Waals surface area contributed by atoms with Crippen LogP contribution < -0.4 is 0 Å². The quantitative estimate of drug-likeness (QED) is 0.513. The average molecular weight is 279 g/mol. The maximum Gasteiger partial charge on any atom is 0.697 e. The van der Waals surface area contributed by atoms with Gasteiger partial charge in [0, 0.05) is 17.7 Å². The molecule has 0 saturated heterocycles. The van der Waals surface area contributed by atoms with Crippen LogP contribution in [-0.2, 0) is 13.6 Å². The van der Waals surface area contributed by atoms with Crippen LogP contribution in [0.5, 0.6) is 0 Å². The Bertz CT molecular complexity index is 189. The lowest BCUT2D eigenvalue weighted by Gasteiger charge is -2.16. The molecule has 5 nitrogen and oxygen atoms in total. The SMILES string of the molecule is CCN(CC)CCO[P+](=O)OCCN(CC)CC. The molecule has 0 heterocycles. The van der Waals surface area contributed by atoms with Crippen molar-refractivity contribution < 1.29 is 13.6 Å². The molecule has 0 radical (unpaired) electrons. The summed E-state index contributed by atoms with van der Waals surface area (Å²) >= 11 is 0. The molecule has 0 aromatic heterocycles. The average Bonchev–Trinajstić information content (AvgIpc) is 2.40. The highest BCUT2D eigenvalue weighted by Gasteiger charge is 2.20. The van der Waals surface area contributed by atoms with Gasteiger partial charge in [-0.3, -0.25) is 0 Å². The standard InChI is InChI=1S/C12H28N2O3P/c1-5-13(6-2)9-11-16-18(15)17-12-10-14(7-3)8-4/h5-12H2,1-4H3/q+1. The highest BCUT2D eigenvalue weighted by atomic mass is 31.1. The minimum absolute atomic E-state index is 0.460. The predicted molar refractivity (Wildman–Crippen MR) is 75.1 cm³/mol. The van der Waals surface area contributed by atoms with Crippen molar-refractivity contribution in [2.45, 2.75) is 27.7 Å². The molecular weight excluding hydrogens is 251 g/mol. The van der Waals surface area contributed by atoms with Gasteiger partial charge < -0.3 is 9.80 Å². The lowest BCUT2D eigenvalue weighted by Crippen LogP contribution is -2.27. The van der Waals surface area contributed by atoms with Gasteiger partial charge in [-0.25, -0.2) is 0 Å². The molecule has 0 bridgehead atoms. The number of rotatable bonds is 12. The Morgan fingerprint density at radius 2 is 1.11 bits per heavy atom. The van der Waals surface area contributed by atoms with Gasteiger partial charge in [0.15, 0.2) is 0 Å². The van der Waals surface area contributed by atoms with Crippen molar-refractivity contribution in [1.82, 2.24) is 9.80 Å². The summed E-state index contributed by atoms with van der Waals surface area (Å²) < 4.78 is 21.7. The molecule has 0 aliphatic carbocycles. The van der Waals surface area contributed by atoms with E-state index in [2.05, 4.69) is 37.5 Å². The van der Waals surface area contributed by atoms with Crippen molar-refractivity contribution in [1.29, 1.82) is 0 Å². The Hall–Kier alpha value is -0.0600. The third-order valence-corrected chi connectivity index (χ3v) is 3.78. The van der Waals surface area contributed by atoms with Crippen molar-refractivity contribution in [3.63, 3.8) is 0 Å². The van der Waals surface area contributed by atoms with Gasteiger partial charge in [0.2, 0.25) is 0 Å². The normalized spacial score (nSPS) is 11.4. The Kier molecular flexibility index (Phi) is 12.0. The second-order valence-corrected chi connectivity index (χ2v) is 4.91. The minimum atomic E-state index is -1.97. The largest absolute Gasteiger partial charge is 0.697 e. The van der Waals surface area contributed by atoms with Crippen LogP contribution in [0.3, 0.4) is 0 Å². The lowest BCUT2D eigenvalue weighted by atomic mass is 10.5. The van der Waals surface area contributed by atoms with Gasteiger partial charge in [-0.2, -0.15) is 0 Å². The topological polar surface area (TPSA) is 42.0 Å². The van der Waals surface area contributed by atoms with E-state index in [1.165, 1.54) is 0 Å². The second kappa shape index (κ2) is 12.0. The van der Waals surface area contributed by atoms with Crippen LogP contribution >= 0.6 is 8.25 Å². The van der Waals surface area contributed by atoms with Gasteiger partial charge >= 0.3 is 8.25 Å². The van der Waals surface area contributed by atoms with E-state index in [0.717, 1.165) is 39.3 Å². The highest BCUT2D eigenvalue weighted by molar-refractivity contribution is 7.33. The van der Waals surface area contributed by atoms with Crippen LogP contribution in [0.1, 0.15) is 27.7 Å². The molecule has 0 aromatic rings. The summed E-state index contributed by atoms with van der Waals surface area (Å²) in [4.78, 5) is 4.44. The first-order valence-corrected chi connectivity index (χ1v) is 7.95. The van der Waals surface area contributed by atoms with Crippen LogP contribution in [0.4, 0.5) is 0 Å². The summed E-state index contributed by atoms with van der Waals surface area (Å²) in [7, 11) is -1.97.